The first kappa shape index (κ1) is 11.6. The number of aromatic nitrogens is 2. The van der Waals surface area contributed by atoms with Crippen LogP contribution in [0.25, 0.3) is 0 Å². The molecular weight excluding hydrogens is 198 g/mol. The van der Waals surface area contributed by atoms with Gasteiger partial charge in [-0.1, -0.05) is 6.92 Å². The van der Waals surface area contributed by atoms with E-state index in [2.05, 4.69) is 30.6 Å². The third-order valence-electron chi connectivity index (χ3n) is 3.87. The van der Waals surface area contributed by atoms with Crippen LogP contribution in [0.2, 0.25) is 0 Å². The highest BCUT2D eigenvalue weighted by Crippen LogP contribution is 2.31. The van der Waals surface area contributed by atoms with Crippen LogP contribution in [-0.2, 0) is 13.5 Å². The third-order valence-corrected chi connectivity index (χ3v) is 3.87. The average molecular weight is 221 g/mol. The van der Waals surface area contributed by atoms with Gasteiger partial charge in [-0.05, 0) is 50.1 Å². The van der Waals surface area contributed by atoms with Crippen LogP contribution >= 0.6 is 0 Å². The average Bonchev–Trinajstić information content (AvgIpc) is 2.64. The first-order valence-corrected chi connectivity index (χ1v) is 6.34. The van der Waals surface area contributed by atoms with E-state index in [1.165, 1.54) is 31.2 Å². The normalized spacial score (nSPS) is 30.6. The number of nitrogens with one attached hydrogen (secondary N) is 1. The summed E-state index contributed by atoms with van der Waals surface area (Å²) in [6.07, 6.45) is 9.36. The molecule has 0 amide bonds. The molecule has 90 valence electrons. The maximum absolute atomic E-state index is 4.25. The standard InChI is InChI=1S/C13H23N3/c1-10-4-5-13(14-2)12(6-10)7-11-8-15-16(3)9-11/h8-10,12-14H,4-7H2,1-3H3. The number of nitrogens with zero attached hydrogens (tertiary/aromatic N) is 2. The minimum absolute atomic E-state index is 0.691. The van der Waals surface area contributed by atoms with E-state index in [0.717, 1.165) is 11.8 Å². The molecule has 0 aliphatic heterocycles. The van der Waals surface area contributed by atoms with Gasteiger partial charge in [0.1, 0.15) is 0 Å². The van der Waals surface area contributed by atoms with Crippen molar-refractivity contribution in [3.05, 3.63) is 18.0 Å². The lowest BCUT2D eigenvalue weighted by Gasteiger charge is -2.34. The molecule has 1 aliphatic rings. The van der Waals surface area contributed by atoms with Gasteiger partial charge in [-0.2, -0.15) is 5.10 Å². The predicted molar refractivity (Wildman–Crippen MR) is 66.3 cm³/mol. The van der Waals surface area contributed by atoms with Crippen molar-refractivity contribution < 1.29 is 0 Å². The highest BCUT2D eigenvalue weighted by atomic mass is 15.2. The Morgan fingerprint density at radius 2 is 2.31 bits per heavy atom. The van der Waals surface area contributed by atoms with Gasteiger partial charge in [-0.25, -0.2) is 0 Å². The lowest BCUT2D eigenvalue weighted by Crippen LogP contribution is -2.39. The van der Waals surface area contributed by atoms with E-state index in [-0.39, 0.29) is 0 Å². The largest absolute Gasteiger partial charge is 0.317 e. The summed E-state index contributed by atoms with van der Waals surface area (Å²) in [5.74, 6) is 1.66. The van der Waals surface area contributed by atoms with E-state index >= 15 is 0 Å². The predicted octanol–water partition coefficient (Wildman–Crippen LogP) is 1.99. The Hall–Kier alpha value is -0.830. The number of hydrogen-bond donors (Lipinski definition) is 1. The van der Waals surface area contributed by atoms with Crippen molar-refractivity contribution >= 4 is 0 Å². The Bertz CT molecular complexity index is 332. The second-order valence-electron chi connectivity index (χ2n) is 5.30. The Morgan fingerprint density at radius 1 is 1.50 bits per heavy atom. The fourth-order valence-corrected chi connectivity index (χ4v) is 2.98. The maximum atomic E-state index is 4.25. The molecule has 1 aromatic rings. The molecule has 0 radical (unpaired) electrons. The molecule has 3 heteroatoms. The molecule has 1 aromatic heterocycles. The maximum Gasteiger partial charge on any atom is 0.0521 e. The summed E-state index contributed by atoms with van der Waals surface area (Å²) in [5.41, 5.74) is 1.38. The fourth-order valence-electron chi connectivity index (χ4n) is 2.98. The fraction of sp³-hybridized carbons (Fsp3) is 0.769. The van der Waals surface area contributed by atoms with Crippen LogP contribution < -0.4 is 5.32 Å². The van der Waals surface area contributed by atoms with Gasteiger partial charge in [0, 0.05) is 19.3 Å². The molecule has 0 aromatic carbocycles. The lowest BCUT2D eigenvalue weighted by molar-refractivity contribution is 0.220. The molecule has 1 saturated carbocycles. The molecular formula is C13H23N3. The van der Waals surface area contributed by atoms with Gasteiger partial charge >= 0.3 is 0 Å². The SMILES string of the molecule is CNC1CCC(C)CC1Cc1cnn(C)c1. The van der Waals surface area contributed by atoms with Gasteiger partial charge in [0.05, 0.1) is 6.20 Å². The Labute approximate surface area is 98.2 Å². The van der Waals surface area contributed by atoms with E-state index in [9.17, 15) is 0 Å². The van der Waals surface area contributed by atoms with Crippen LogP contribution in [0.3, 0.4) is 0 Å². The zero-order valence-electron chi connectivity index (χ0n) is 10.6. The van der Waals surface area contributed by atoms with Crippen LogP contribution in [0.5, 0.6) is 0 Å². The van der Waals surface area contributed by atoms with Crippen LogP contribution in [-0.4, -0.2) is 22.9 Å². The number of hydrogen-bond acceptors (Lipinski definition) is 2. The third kappa shape index (κ3) is 2.64. The Kier molecular flexibility index (Phi) is 3.64. The van der Waals surface area contributed by atoms with Crippen molar-refractivity contribution in [2.75, 3.05) is 7.05 Å². The van der Waals surface area contributed by atoms with Gasteiger partial charge in [0.25, 0.3) is 0 Å². The van der Waals surface area contributed by atoms with Gasteiger partial charge in [-0.15, -0.1) is 0 Å². The molecule has 3 nitrogen and oxygen atoms in total. The first-order chi connectivity index (χ1) is 7.69. The zero-order chi connectivity index (χ0) is 11.5. The van der Waals surface area contributed by atoms with Crippen LogP contribution in [0, 0.1) is 11.8 Å². The van der Waals surface area contributed by atoms with Gasteiger partial charge in [0.15, 0.2) is 0 Å². The van der Waals surface area contributed by atoms with Gasteiger partial charge in [0.2, 0.25) is 0 Å². The summed E-state index contributed by atoms with van der Waals surface area (Å²) in [4.78, 5) is 0. The van der Waals surface area contributed by atoms with Crippen molar-refractivity contribution in [3.8, 4) is 0 Å². The minimum Gasteiger partial charge on any atom is -0.317 e. The van der Waals surface area contributed by atoms with Crippen molar-refractivity contribution in [3.63, 3.8) is 0 Å². The smallest absolute Gasteiger partial charge is 0.0521 e. The molecule has 0 bridgehead atoms. The lowest BCUT2D eigenvalue weighted by atomic mass is 9.76. The topological polar surface area (TPSA) is 29.9 Å². The summed E-state index contributed by atoms with van der Waals surface area (Å²) < 4.78 is 1.90. The summed E-state index contributed by atoms with van der Waals surface area (Å²) >= 11 is 0. The van der Waals surface area contributed by atoms with Crippen molar-refractivity contribution in [1.29, 1.82) is 0 Å². The summed E-state index contributed by atoms with van der Waals surface area (Å²) in [7, 11) is 4.08. The molecule has 1 heterocycles. The van der Waals surface area contributed by atoms with E-state index in [4.69, 9.17) is 0 Å². The summed E-state index contributed by atoms with van der Waals surface area (Å²) in [6.45, 7) is 2.38. The molecule has 16 heavy (non-hydrogen) atoms. The van der Waals surface area contributed by atoms with Crippen LogP contribution in [0.4, 0.5) is 0 Å². The highest BCUT2D eigenvalue weighted by Gasteiger charge is 2.27. The molecule has 3 atom stereocenters. The first-order valence-electron chi connectivity index (χ1n) is 6.34. The summed E-state index contributed by atoms with van der Waals surface area (Å²) in [5, 5.41) is 7.72. The van der Waals surface area contributed by atoms with E-state index < -0.39 is 0 Å². The van der Waals surface area contributed by atoms with Gasteiger partial charge < -0.3 is 5.32 Å². The van der Waals surface area contributed by atoms with Crippen LogP contribution in [0.1, 0.15) is 31.7 Å². The molecule has 0 spiro atoms. The Morgan fingerprint density at radius 3 is 2.94 bits per heavy atom. The molecule has 1 aliphatic carbocycles. The van der Waals surface area contributed by atoms with E-state index in [1.54, 1.807) is 0 Å². The van der Waals surface area contributed by atoms with Gasteiger partial charge in [-0.3, -0.25) is 4.68 Å². The monoisotopic (exact) mass is 221 g/mol. The second-order valence-corrected chi connectivity index (χ2v) is 5.30. The van der Waals surface area contributed by atoms with Crippen LogP contribution in [0.15, 0.2) is 12.4 Å². The summed E-state index contributed by atoms with van der Waals surface area (Å²) in [6, 6.07) is 0.691. The number of aryl methyl sites for hydroxylation is 1. The molecule has 0 saturated heterocycles. The second kappa shape index (κ2) is 5.00. The van der Waals surface area contributed by atoms with Crippen molar-refractivity contribution in [1.82, 2.24) is 15.1 Å². The molecule has 1 fully saturated rings. The van der Waals surface area contributed by atoms with Crippen molar-refractivity contribution in [2.24, 2.45) is 18.9 Å². The van der Waals surface area contributed by atoms with E-state index in [1.807, 2.05) is 17.9 Å². The number of rotatable bonds is 3. The molecule has 3 unspecified atom stereocenters. The molecule has 1 N–H and O–H groups in total. The highest BCUT2D eigenvalue weighted by molar-refractivity contribution is 5.06. The van der Waals surface area contributed by atoms with Crippen molar-refractivity contribution in [2.45, 2.75) is 38.6 Å². The quantitative estimate of drug-likeness (QED) is 0.846. The Balaban J connectivity index is 2.00. The molecule has 2 rings (SSSR count). The minimum atomic E-state index is 0.691. The zero-order valence-corrected chi connectivity index (χ0v) is 10.6. The van der Waals surface area contributed by atoms with E-state index in [0.29, 0.717) is 6.04 Å².